The van der Waals surface area contributed by atoms with Gasteiger partial charge in [0.2, 0.25) is 5.41 Å². The van der Waals surface area contributed by atoms with Crippen molar-refractivity contribution in [1.29, 1.82) is 0 Å². The van der Waals surface area contributed by atoms with E-state index in [4.69, 9.17) is 14.2 Å². The van der Waals surface area contributed by atoms with Crippen LogP contribution >= 0.6 is 0 Å². The molecule has 0 spiro atoms. The lowest BCUT2D eigenvalue weighted by Gasteiger charge is -2.40. The minimum atomic E-state index is -5.82. The SMILES string of the molecule is CCC1(COc2ccc(C(=O)Oc3ccc(C(c4ccc(OC=O)cc4)(C(F)(F)F)C(F)(F)F)cc3)cc2)COC1. The molecule has 1 aliphatic heterocycles. The predicted molar refractivity (Wildman–Crippen MR) is 133 cm³/mol. The highest BCUT2D eigenvalue weighted by molar-refractivity contribution is 5.91. The van der Waals surface area contributed by atoms with Gasteiger partial charge in [0.25, 0.3) is 6.47 Å². The number of carbonyl (C=O) groups is 2. The van der Waals surface area contributed by atoms with Crippen molar-refractivity contribution in [3.05, 3.63) is 89.5 Å². The van der Waals surface area contributed by atoms with Gasteiger partial charge >= 0.3 is 18.3 Å². The summed E-state index contributed by atoms with van der Waals surface area (Å²) >= 11 is 0. The molecule has 3 aromatic rings. The van der Waals surface area contributed by atoms with Gasteiger partial charge in [-0.1, -0.05) is 31.2 Å². The molecule has 1 fully saturated rings. The first-order chi connectivity index (χ1) is 19.3. The summed E-state index contributed by atoms with van der Waals surface area (Å²) in [5.74, 6) is -0.860. The van der Waals surface area contributed by atoms with Crippen LogP contribution in [0.5, 0.6) is 17.2 Å². The third kappa shape index (κ3) is 5.88. The zero-order chi connectivity index (χ0) is 29.9. The van der Waals surface area contributed by atoms with Gasteiger partial charge in [-0.05, 0) is 66.1 Å². The molecule has 0 saturated carbocycles. The lowest BCUT2D eigenvalue weighted by molar-refractivity contribution is -0.288. The zero-order valence-electron chi connectivity index (χ0n) is 21.6. The van der Waals surface area contributed by atoms with Crippen molar-refractivity contribution in [3.63, 3.8) is 0 Å². The second-order valence-electron chi connectivity index (χ2n) is 9.56. The highest BCUT2D eigenvalue weighted by atomic mass is 19.4. The van der Waals surface area contributed by atoms with Crippen molar-refractivity contribution in [2.24, 2.45) is 5.41 Å². The topological polar surface area (TPSA) is 71.1 Å². The van der Waals surface area contributed by atoms with E-state index in [0.717, 1.165) is 30.7 Å². The molecule has 0 bridgehead atoms. The number of benzene rings is 3. The second-order valence-corrected chi connectivity index (χ2v) is 9.56. The molecule has 0 amide bonds. The number of esters is 1. The molecule has 1 heterocycles. The first-order valence-corrected chi connectivity index (χ1v) is 12.3. The molecule has 12 heteroatoms. The average molecular weight is 582 g/mol. The first kappa shape index (κ1) is 29.9. The van der Waals surface area contributed by atoms with Gasteiger partial charge < -0.3 is 18.9 Å². The fraction of sp³-hybridized carbons (Fsp3) is 0.310. The zero-order valence-corrected chi connectivity index (χ0v) is 21.6. The van der Waals surface area contributed by atoms with Crippen LogP contribution in [0.3, 0.4) is 0 Å². The summed E-state index contributed by atoms with van der Waals surface area (Å²) in [5, 5.41) is 0. The molecule has 3 aromatic carbocycles. The fourth-order valence-electron chi connectivity index (χ4n) is 4.46. The lowest BCUT2D eigenvalue weighted by Crippen LogP contribution is -2.54. The summed E-state index contributed by atoms with van der Waals surface area (Å²) in [6, 6.07) is 11.7. The van der Waals surface area contributed by atoms with Gasteiger partial charge in [0.05, 0.1) is 30.8 Å². The molecule has 4 rings (SSSR count). The molecule has 41 heavy (non-hydrogen) atoms. The molecule has 1 saturated heterocycles. The molecule has 0 aliphatic carbocycles. The monoisotopic (exact) mass is 582 g/mol. The maximum atomic E-state index is 14.3. The number of alkyl halides is 6. The standard InChI is InChI=1S/C29H24F6O6/c1-2-26(15-38-16-26)17-39-22-9-3-19(4-10-22)25(37)41-24-13-7-21(8-14-24)27(28(30,31)32,29(33,34)35)20-5-11-23(12-6-20)40-18-36/h3-14,18H,2,15-17H2,1H3. The van der Waals surface area contributed by atoms with Gasteiger partial charge in [-0.2, -0.15) is 26.3 Å². The smallest absolute Gasteiger partial charge is 0.411 e. The summed E-state index contributed by atoms with van der Waals surface area (Å²) in [6.07, 6.45) is -10.8. The van der Waals surface area contributed by atoms with Crippen LogP contribution in [-0.4, -0.2) is 44.6 Å². The average Bonchev–Trinajstić information content (AvgIpc) is 2.89. The van der Waals surface area contributed by atoms with E-state index in [2.05, 4.69) is 4.74 Å². The van der Waals surface area contributed by atoms with E-state index in [1.807, 2.05) is 6.92 Å². The van der Waals surface area contributed by atoms with Crippen LogP contribution in [0, 0.1) is 5.41 Å². The second kappa shape index (κ2) is 11.4. The number of ether oxygens (including phenoxy) is 4. The first-order valence-electron chi connectivity index (χ1n) is 12.3. The molecule has 6 nitrogen and oxygen atoms in total. The van der Waals surface area contributed by atoms with Crippen molar-refractivity contribution in [2.75, 3.05) is 19.8 Å². The molecular weight excluding hydrogens is 558 g/mol. The molecule has 0 aromatic heterocycles. The Balaban J connectivity index is 1.54. The van der Waals surface area contributed by atoms with Gasteiger partial charge in [-0.3, -0.25) is 4.79 Å². The Labute approximate surface area is 230 Å². The Hall–Kier alpha value is -4.06. The summed E-state index contributed by atoms with van der Waals surface area (Å²) in [6.45, 7) is 3.66. The number of halogens is 6. The fourth-order valence-corrected chi connectivity index (χ4v) is 4.46. The minimum Gasteiger partial charge on any atom is -0.493 e. The summed E-state index contributed by atoms with van der Waals surface area (Å²) < 4.78 is 107. The number of hydrogen-bond donors (Lipinski definition) is 0. The Morgan fingerprint density at radius 2 is 1.29 bits per heavy atom. The van der Waals surface area contributed by atoms with Crippen LogP contribution in [0.15, 0.2) is 72.8 Å². The molecule has 0 unspecified atom stereocenters. The normalized spacial score (nSPS) is 15.0. The van der Waals surface area contributed by atoms with Crippen LogP contribution in [0.1, 0.15) is 34.8 Å². The number of rotatable bonds is 10. The molecule has 218 valence electrons. The number of carbonyl (C=O) groups excluding carboxylic acids is 2. The van der Waals surface area contributed by atoms with E-state index in [9.17, 15) is 35.9 Å². The summed E-state index contributed by atoms with van der Waals surface area (Å²) in [5.41, 5.74) is -6.66. The van der Waals surface area contributed by atoms with Crippen molar-refractivity contribution in [2.45, 2.75) is 31.1 Å². The summed E-state index contributed by atoms with van der Waals surface area (Å²) in [4.78, 5) is 23.0. The third-order valence-electron chi connectivity index (χ3n) is 7.02. The van der Waals surface area contributed by atoms with E-state index < -0.39 is 34.9 Å². The maximum Gasteiger partial charge on any atom is 0.411 e. The Bertz CT molecular complexity index is 1330. The highest BCUT2D eigenvalue weighted by Crippen LogP contribution is 2.56. The lowest BCUT2D eigenvalue weighted by atomic mass is 9.73. The van der Waals surface area contributed by atoms with Gasteiger partial charge in [0, 0.05) is 0 Å². The Kier molecular flexibility index (Phi) is 8.34. The van der Waals surface area contributed by atoms with Gasteiger partial charge in [-0.15, -0.1) is 0 Å². The van der Waals surface area contributed by atoms with Crippen molar-refractivity contribution >= 4 is 12.4 Å². The quantitative estimate of drug-likeness (QED) is 0.115. The van der Waals surface area contributed by atoms with Crippen LogP contribution in [-0.2, 0) is 14.9 Å². The largest absolute Gasteiger partial charge is 0.493 e. The van der Waals surface area contributed by atoms with Gasteiger partial charge in [0.15, 0.2) is 0 Å². The molecule has 1 aliphatic rings. The Morgan fingerprint density at radius 1 is 0.805 bits per heavy atom. The maximum absolute atomic E-state index is 14.3. The van der Waals surface area contributed by atoms with E-state index in [0.29, 0.717) is 49.8 Å². The Morgan fingerprint density at radius 3 is 1.71 bits per heavy atom. The van der Waals surface area contributed by atoms with Crippen LogP contribution in [0.2, 0.25) is 0 Å². The highest BCUT2D eigenvalue weighted by Gasteiger charge is 2.72. The van der Waals surface area contributed by atoms with E-state index >= 15 is 0 Å². The molecular formula is C29H24F6O6. The minimum absolute atomic E-state index is 0.00861. The summed E-state index contributed by atoms with van der Waals surface area (Å²) in [7, 11) is 0. The van der Waals surface area contributed by atoms with E-state index in [1.165, 1.54) is 12.1 Å². The van der Waals surface area contributed by atoms with Crippen molar-refractivity contribution in [1.82, 2.24) is 0 Å². The predicted octanol–water partition coefficient (Wildman–Crippen LogP) is 6.66. The van der Waals surface area contributed by atoms with Crippen LogP contribution < -0.4 is 14.2 Å². The van der Waals surface area contributed by atoms with Gasteiger partial charge in [0.1, 0.15) is 17.2 Å². The van der Waals surface area contributed by atoms with Crippen LogP contribution in [0.4, 0.5) is 26.3 Å². The van der Waals surface area contributed by atoms with Crippen LogP contribution in [0.25, 0.3) is 0 Å². The van der Waals surface area contributed by atoms with Gasteiger partial charge in [-0.25, -0.2) is 4.79 Å². The molecule has 0 radical (unpaired) electrons. The number of hydrogen-bond acceptors (Lipinski definition) is 6. The van der Waals surface area contributed by atoms with E-state index in [1.54, 1.807) is 12.1 Å². The molecule has 0 atom stereocenters. The molecule has 0 N–H and O–H groups in total. The van der Waals surface area contributed by atoms with Crippen molar-refractivity contribution in [3.8, 4) is 17.2 Å². The third-order valence-corrected chi connectivity index (χ3v) is 7.02. The van der Waals surface area contributed by atoms with E-state index in [-0.39, 0.29) is 28.9 Å². The van der Waals surface area contributed by atoms with Crippen molar-refractivity contribution < 1.29 is 54.9 Å².